The smallest absolute Gasteiger partial charge is 0.362 e. The highest BCUT2D eigenvalue weighted by Crippen LogP contribution is 2.41. The largest absolute Gasteiger partial charge is 0.464 e. The molecule has 53 heavy (non-hydrogen) atoms. The van der Waals surface area contributed by atoms with Crippen molar-refractivity contribution in [2.45, 2.75) is 49.9 Å². The summed E-state index contributed by atoms with van der Waals surface area (Å²) in [6.07, 6.45) is -2.06. The van der Waals surface area contributed by atoms with E-state index in [1.165, 1.54) is 0 Å². The highest BCUT2D eigenvalue weighted by molar-refractivity contribution is 8.05. The number of nitrogens with zero attached hydrogens (tertiary/aromatic N) is 6. The third kappa shape index (κ3) is 9.44. The molecule has 0 aliphatic carbocycles. The highest BCUT2D eigenvalue weighted by Gasteiger charge is 2.53. The van der Waals surface area contributed by atoms with Crippen molar-refractivity contribution in [2.75, 3.05) is 13.2 Å². The van der Waals surface area contributed by atoms with Gasteiger partial charge in [-0.1, -0.05) is 120 Å². The molecule has 3 atom stereocenters. The fourth-order valence-corrected chi connectivity index (χ4v) is 8.32. The number of carbonyl (C=O) groups is 3. The molecular formula is C34H38N8O8S2Si. The normalized spacial score (nSPS) is 19.5. The molecule has 2 aliphatic rings. The Morgan fingerprint density at radius 2 is 1.55 bits per heavy atom. The molecule has 1 saturated heterocycles. The van der Waals surface area contributed by atoms with Crippen LogP contribution >= 0.6 is 0 Å². The summed E-state index contributed by atoms with van der Waals surface area (Å²) in [6.45, 7) is 6.33. The van der Waals surface area contributed by atoms with E-state index in [1.807, 2.05) is 91.0 Å². The molecule has 3 aromatic rings. The van der Waals surface area contributed by atoms with Crippen molar-refractivity contribution >= 4 is 52.0 Å². The second-order valence-electron chi connectivity index (χ2n) is 13.1. The van der Waals surface area contributed by atoms with Crippen molar-refractivity contribution in [3.8, 4) is 0 Å². The Labute approximate surface area is 309 Å². The Kier molecular flexibility index (Phi) is 12.3. The van der Waals surface area contributed by atoms with Gasteiger partial charge in [-0.2, -0.15) is 8.42 Å². The van der Waals surface area contributed by atoms with Gasteiger partial charge >= 0.3 is 16.3 Å². The molecular weight excluding hydrogens is 741 g/mol. The zero-order valence-corrected chi connectivity index (χ0v) is 31.7. The lowest BCUT2D eigenvalue weighted by atomic mass is 9.77. The van der Waals surface area contributed by atoms with Crippen LogP contribution in [0, 0.1) is 0 Å². The minimum atomic E-state index is -5.03. The van der Waals surface area contributed by atoms with Gasteiger partial charge in [-0.05, 0) is 28.3 Å². The van der Waals surface area contributed by atoms with Crippen LogP contribution in [0.3, 0.4) is 0 Å². The fraction of sp³-hybridized carbons (Fsp3) is 0.294. The summed E-state index contributed by atoms with van der Waals surface area (Å²) >= 11 is 0. The van der Waals surface area contributed by atoms with Crippen molar-refractivity contribution in [2.24, 2.45) is 14.6 Å². The maximum Gasteiger partial charge on any atom is 0.362 e. The number of amidine groups is 1. The number of benzene rings is 3. The Bertz CT molecular complexity index is 1990. The van der Waals surface area contributed by atoms with Crippen LogP contribution in [0.2, 0.25) is 25.7 Å². The SMILES string of the molecule is C[Si](C)(C)CCOC(=O)CO/N=S1\C=C(CC(=O)NC2C(=O)N(S(=O)(=O)O)C2N=[N+]=[N-])NC1=NC(c1ccccc1)(c1ccccc1)c1ccccc1. The van der Waals surface area contributed by atoms with E-state index in [2.05, 4.69) is 44.8 Å². The van der Waals surface area contributed by atoms with Gasteiger partial charge in [0.05, 0.1) is 13.0 Å². The Morgan fingerprint density at radius 1 is 1.00 bits per heavy atom. The first kappa shape index (κ1) is 39.0. The number of carbonyl (C=O) groups excluding carboxylic acids is 3. The molecule has 5 rings (SSSR count). The van der Waals surface area contributed by atoms with Crippen molar-refractivity contribution in [1.82, 2.24) is 14.9 Å². The van der Waals surface area contributed by atoms with Crippen LogP contribution in [0.4, 0.5) is 0 Å². The number of amides is 2. The first-order valence-corrected chi connectivity index (χ1v) is 22.7. The average molecular weight is 779 g/mol. The molecule has 2 amide bonds. The van der Waals surface area contributed by atoms with Crippen LogP contribution in [0.25, 0.3) is 10.4 Å². The standard InChI is InChI=1S/C34H38N8O8S2Si/c1-53(2,3)20-19-49-29(44)22-50-41-51-23-27(21-28(43)37-30-31(39-40-35)42(32(30)45)52(46,47)48)36-33(51)38-34(24-13-7-4-8-14-24,25-15-9-5-10-16-25)26-17-11-6-12-18-26/h4-18,23,30-31H,19-22H2,1-3H3,(H,36,38)(H,37,43)(H,46,47,48). The van der Waals surface area contributed by atoms with E-state index >= 15 is 0 Å². The number of azide groups is 1. The van der Waals surface area contributed by atoms with Crippen molar-refractivity contribution in [3.05, 3.63) is 129 Å². The van der Waals surface area contributed by atoms with Gasteiger partial charge in [0.15, 0.2) is 17.9 Å². The van der Waals surface area contributed by atoms with Gasteiger partial charge in [-0.3, -0.25) is 14.1 Å². The van der Waals surface area contributed by atoms with E-state index in [0.29, 0.717) is 10.9 Å². The van der Waals surface area contributed by atoms with Crippen LogP contribution in [-0.4, -0.2) is 73.7 Å². The van der Waals surface area contributed by atoms with Crippen molar-refractivity contribution in [3.63, 3.8) is 0 Å². The lowest BCUT2D eigenvalue weighted by Gasteiger charge is -2.41. The minimum Gasteiger partial charge on any atom is -0.464 e. The average Bonchev–Trinajstić information content (AvgIpc) is 3.49. The maximum atomic E-state index is 13.2. The molecule has 1 fully saturated rings. The third-order valence-electron chi connectivity index (χ3n) is 8.10. The number of hydrogen-bond acceptors (Lipinski definition) is 10. The van der Waals surface area contributed by atoms with E-state index in [4.69, 9.17) is 20.1 Å². The van der Waals surface area contributed by atoms with Gasteiger partial charge in [0.2, 0.25) is 5.91 Å². The molecule has 3 unspecified atom stereocenters. The quantitative estimate of drug-likeness (QED) is 0.0226. The van der Waals surface area contributed by atoms with Gasteiger partial charge in [0, 0.05) is 34.8 Å². The number of β-lactam (4-membered cyclic amide) rings is 1. The molecule has 0 aromatic heterocycles. The minimum absolute atomic E-state index is 0.0183. The van der Waals surface area contributed by atoms with Crippen molar-refractivity contribution in [1.29, 1.82) is 0 Å². The monoisotopic (exact) mass is 778 g/mol. The summed E-state index contributed by atoms with van der Waals surface area (Å²) in [7, 11) is -7.77. The van der Waals surface area contributed by atoms with Gasteiger partial charge in [-0.15, -0.1) is 0 Å². The number of aliphatic imine (C=N–C) groups is 1. The Morgan fingerprint density at radius 3 is 2.04 bits per heavy atom. The van der Waals surface area contributed by atoms with E-state index < -0.39 is 71.2 Å². The van der Waals surface area contributed by atoms with Gasteiger partial charge in [-0.25, -0.2) is 18.9 Å². The molecule has 0 spiro atoms. The molecule has 0 radical (unpaired) electrons. The zero-order chi connectivity index (χ0) is 38.2. The van der Waals surface area contributed by atoms with Crippen molar-refractivity contribution < 1.29 is 36.9 Å². The number of nitrogens with one attached hydrogen (secondary N) is 2. The van der Waals surface area contributed by atoms with Gasteiger partial charge in [0.25, 0.3) is 5.91 Å². The lowest BCUT2D eigenvalue weighted by Crippen LogP contribution is -2.71. The predicted octanol–water partition coefficient (Wildman–Crippen LogP) is 4.55. The number of rotatable bonds is 15. The molecule has 3 aromatic carbocycles. The van der Waals surface area contributed by atoms with Gasteiger partial charge in [0.1, 0.15) is 11.6 Å². The predicted molar refractivity (Wildman–Crippen MR) is 201 cm³/mol. The molecule has 3 N–H and O–H groups in total. The van der Waals surface area contributed by atoms with Crippen LogP contribution < -0.4 is 10.6 Å². The Balaban J connectivity index is 1.49. The van der Waals surface area contributed by atoms with E-state index in [0.717, 1.165) is 22.7 Å². The number of hydrogen-bond donors (Lipinski definition) is 3. The molecule has 2 aliphatic heterocycles. The van der Waals surface area contributed by atoms with Crippen LogP contribution in [0.15, 0.2) is 117 Å². The molecule has 16 nitrogen and oxygen atoms in total. The lowest BCUT2D eigenvalue weighted by molar-refractivity contribution is -0.148. The maximum absolute atomic E-state index is 13.2. The topological polar surface area (TPSA) is 225 Å². The molecule has 0 bridgehead atoms. The summed E-state index contributed by atoms with van der Waals surface area (Å²) < 4.78 is 42.2. The Hall–Kier alpha value is -5.17. The summed E-state index contributed by atoms with van der Waals surface area (Å²) in [5.74, 6) is -2.50. The zero-order valence-electron chi connectivity index (χ0n) is 29.0. The molecule has 19 heteroatoms. The van der Waals surface area contributed by atoms with Crippen LogP contribution in [-0.2, 0) is 50.5 Å². The van der Waals surface area contributed by atoms with E-state index in [-0.39, 0.29) is 17.3 Å². The number of ether oxygens (including phenoxy) is 1. The van der Waals surface area contributed by atoms with E-state index in [9.17, 15) is 27.4 Å². The fourth-order valence-electron chi connectivity index (χ4n) is 5.56. The second kappa shape index (κ2) is 16.7. The first-order chi connectivity index (χ1) is 25.2. The molecule has 2 heterocycles. The van der Waals surface area contributed by atoms with Crippen LogP contribution in [0.5, 0.6) is 0 Å². The van der Waals surface area contributed by atoms with Gasteiger partial charge < -0.3 is 15.4 Å². The molecule has 0 saturated carbocycles. The third-order valence-corrected chi connectivity index (χ3v) is 12.1. The first-order valence-electron chi connectivity index (χ1n) is 16.3. The van der Waals surface area contributed by atoms with Crippen LogP contribution in [0.1, 0.15) is 23.1 Å². The van der Waals surface area contributed by atoms with E-state index in [1.54, 1.807) is 5.41 Å². The summed E-state index contributed by atoms with van der Waals surface area (Å²) in [5.41, 5.74) is 10.5. The summed E-state index contributed by atoms with van der Waals surface area (Å²) in [4.78, 5) is 51.6. The highest BCUT2D eigenvalue weighted by atomic mass is 32.2. The second-order valence-corrected chi connectivity index (χ2v) is 21.5. The summed E-state index contributed by atoms with van der Waals surface area (Å²) in [5, 5.41) is 10.7. The summed E-state index contributed by atoms with van der Waals surface area (Å²) in [6, 6.07) is 28.1. The molecule has 278 valence electrons. The number of esters is 1.